The number of hydrogen-bond acceptors (Lipinski definition) is 2. The maximum absolute atomic E-state index is 9.06. The molecule has 0 bridgehead atoms. The molecule has 0 aliphatic rings. The topological polar surface area (TPSA) is 29.5 Å². The Morgan fingerprint density at radius 1 is 1.70 bits per heavy atom. The van der Waals surface area contributed by atoms with Crippen molar-refractivity contribution in [2.24, 2.45) is 0 Å². The third-order valence-electron chi connectivity index (χ3n) is 1.19. The zero-order valence-corrected chi connectivity index (χ0v) is 10.9. The van der Waals surface area contributed by atoms with Gasteiger partial charge in [0.25, 0.3) is 0 Å². The molecule has 0 saturated heterocycles. The van der Waals surface area contributed by atoms with E-state index in [4.69, 9.17) is 9.84 Å². The maximum atomic E-state index is 9.06. The molecule has 0 aromatic carbocycles. The van der Waals surface area contributed by atoms with Gasteiger partial charge in [0.15, 0.2) is 0 Å². The first-order valence-electron chi connectivity index (χ1n) is 3.67. The number of aliphatic hydroxyl groups excluding tert-OH is 1. The predicted molar refractivity (Wildman–Crippen MR) is 40.6 cm³/mol. The molecular formula is C6H13BrO2Zn. The molecule has 0 aromatic heterocycles. The summed E-state index contributed by atoms with van der Waals surface area (Å²) >= 11 is 3.16. The van der Waals surface area contributed by atoms with Crippen molar-refractivity contribution in [3.05, 3.63) is 0 Å². The van der Waals surface area contributed by atoms with Crippen LogP contribution in [0.1, 0.15) is 19.8 Å². The average Bonchev–Trinajstić information content (AvgIpc) is 1.89. The molecule has 58 valence electrons. The van der Waals surface area contributed by atoms with Crippen LogP contribution in [0.15, 0.2) is 0 Å². The van der Waals surface area contributed by atoms with E-state index in [1.165, 1.54) is 5.02 Å². The second-order valence-electron chi connectivity index (χ2n) is 2.09. The molecule has 0 fully saturated rings. The van der Waals surface area contributed by atoms with Crippen molar-refractivity contribution in [2.45, 2.75) is 31.1 Å². The second-order valence-corrected chi connectivity index (χ2v) is 8.49. The van der Waals surface area contributed by atoms with Gasteiger partial charge >= 0.3 is 76.3 Å². The van der Waals surface area contributed by atoms with Gasteiger partial charge in [0, 0.05) is 0 Å². The van der Waals surface area contributed by atoms with Crippen molar-refractivity contribution >= 4 is 13.6 Å². The number of rotatable bonds is 6. The van der Waals surface area contributed by atoms with E-state index in [9.17, 15) is 0 Å². The molecule has 0 amide bonds. The van der Waals surface area contributed by atoms with Gasteiger partial charge in [-0.3, -0.25) is 0 Å². The summed E-state index contributed by atoms with van der Waals surface area (Å²) < 4.78 is 4.95. The molecule has 0 spiro atoms. The van der Waals surface area contributed by atoms with Crippen LogP contribution < -0.4 is 0 Å². The SMILES string of the molecule is CCOC(O)CC[CH2][Zn][Br]. The van der Waals surface area contributed by atoms with Crippen molar-refractivity contribution in [1.29, 1.82) is 0 Å². The van der Waals surface area contributed by atoms with E-state index in [-0.39, 0.29) is 15.2 Å². The fourth-order valence-corrected chi connectivity index (χ4v) is 3.75. The van der Waals surface area contributed by atoms with Crippen LogP contribution in [0.3, 0.4) is 0 Å². The van der Waals surface area contributed by atoms with Crippen LogP contribution in [-0.2, 0) is 19.9 Å². The number of aliphatic hydroxyl groups is 1. The van der Waals surface area contributed by atoms with Crippen molar-refractivity contribution in [1.82, 2.24) is 0 Å². The van der Waals surface area contributed by atoms with Gasteiger partial charge in [0.1, 0.15) is 0 Å². The molecule has 0 radical (unpaired) electrons. The molecule has 0 aliphatic carbocycles. The minimum atomic E-state index is -0.522. The minimum absolute atomic E-state index is 0.348. The summed E-state index contributed by atoms with van der Waals surface area (Å²) in [5, 5.41) is 10.3. The summed E-state index contributed by atoms with van der Waals surface area (Å²) in [5.74, 6) is 0. The Morgan fingerprint density at radius 3 is 2.90 bits per heavy atom. The fourth-order valence-electron chi connectivity index (χ4n) is 0.689. The first-order chi connectivity index (χ1) is 4.81. The van der Waals surface area contributed by atoms with Gasteiger partial charge in [-0.15, -0.1) is 0 Å². The van der Waals surface area contributed by atoms with Crippen LogP contribution >= 0.6 is 13.6 Å². The van der Waals surface area contributed by atoms with Crippen LogP contribution in [0.25, 0.3) is 0 Å². The van der Waals surface area contributed by atoms with Crippen LogP contribution in [0, 0.1) is 0 Å². The van der Waals surface area contributed by atoms with Crippen molar-refractivity contribution in [3.63, 3.8) is 0 Å². The van der Waals surface area contributed by atoms with Crippen molar-refractivity contribution in [3.8, 4) is 0 Å². The summed E-state index contributed by atoms with van der Waals surface area (Å²) in [5.41, 5.74) is 0. The van der Waals surface area contributed by atoms with Crippen LogP contribution in [0.2, 0.25) is 5.02 Å². The first kappa shape index (κ1) is 11.0. The van der Waals surface area contributed by atoms with Crippen LogP contribution in [-0.4, -0.2) is 18.0 Å². The molecule has 1 atom stereocenters. The second kappa shape index (κ2) is 8.12. The quantitative estimate of drug-likeness (QED) is 0.450. The van der Waals surface area contributed by atoms with Gasteiger partial charge in [-0.1, -0.05) is 0 Å². The molecule has 0 heterocycles. The molecular weight excluding hydrogens is 249 g/mol. The monoisotopic (exact) mass is 260 g/mol. The Balaban J connectivity index is 2.97. The summed E-state index contributed by atoms with van der Waals surface area (Å²) in [7, 11) is 0. The van der Waals surface area contributed by atoms with E-state index in [0.29, 0.717) is 6.61 Å². The van der Waals surface area contributed by atoms with Gasteiger partial charge < -0.3 is 0 Å². The fraction of sp³-hybridized carbons (Fsp3) is 1.00. The molecule has 0 saturated carbocycles. The van der Waals surface area contributed by atoms with Crippen molar-refractivity contribution in [2.75, 3.05) is 6.61 Å². The summed E-state index contributed by atoms with van der Waals surface area (Å²) in [6.07, 6.45) is 1.38. The first-order valence-corrected chi connectivity index (χ1v) is 12.7. The Hall–Kier alpha value is 1.02. The molecule has 1 unspecified atom stereocenters. The zero-order valence-electron chi connectivity index (χ0n) is 6.35. The van der Waals surface area contributed by atoms with E-state index in [1.807, 2.05) is 6.92 Å². The summed E-state index contributed by atoms with van der Waals surface area (Å²) in [6, 6.07) is 0. The van der Waals surface area contributed by atoms with E-state index >= 15 is 0 Å². The van der Waals surface area contributed by atoms with E-state index in [1.54, 1.807) is 0 Å². The summed E-state index contributed by atoms with van der Waals surface area (Å²) in [6.45, 7) is 2.50. The summed E-state index contributed by atoms with van der Waals surface area (Å²) in [4.78, 5) is 0. The Morgan fingerprint density at radius 2 is 2.40 bits per heavy atom. The van der Waals surface area contributed by atoms with E-state index in [2.05, 4.69) is 13.6 Å². The zero-order chi connectivity index (χ0) is 7.82. The molecule has 10 heavy (non-hydrogen) atoms. The average molecular weight is 262 g/mol. The number of halogens is 1. The van der Waals surface area contributed by atoms with Gasteiger partial charge in [-0.05, 0) is 0 Å². The molecule has 0 rings (SSSR count). The molecule has 1 N–H and O–H groups in total. The molecule has 4 heteroatoms. The van der Waals surface area contributed by atoms with Gasteiger partial charge in [-0.25, -0.2) is 0 Å². The van der Waals surface area contributed by atoms with Crippen LogP contribution in [0.5, 0.6) is 0 Å². The Labute approximate surface area is 76.3 Å². The van der Waals surface area contributed by atoms with Gasteiger partial charge in [0.05, 0.1) is 0 Å². The van der Waals surface area contributed by atoms with Crippen LogP contribution in [0.4, 0.5) is 0 Å². The van der Waals surface area contributed by atoms with Crippen molar-refractivity contribution < 1.29 is 25.0 Å². The van der Waals surface area contributed by atoms with E-state index in [0.717, 1.165) is 12.8 Å². The standard InChI is InChI=1S/C6H13O2.BrH.Zn/c1-3-5-6(7)8-4-2;;/h6-7H,1,3-5H2,2H3;1H;/q;;+1/p-1. The van der Waals surface area contributed by atoms with Gasteiger partial charge in [-0.2, -0.15) is 0 Å². The van der Waals surface area contributed by atoms with E-state index < -0.39 is 6.29 Å². The number of ether oxygens (including phenoxy) is 1. The predicted octanol–water partition coefficient (Wildman–Crippen LogP) is 1.93. The Kier molecular flexibility index (Phi) is 8.95. The molecule has 0 aliphatic heterocycles. The third-order valence-corrected chi connectivity index (χ3v) is 5.72. The normalized spacial score (nSPS) is 12.7. The van der Waals surface area contributed by atoms with Gasteiger partial charge in [0.2, 0.25) is 0 Å². The Bertz CT molecular complexity index is 72.8. The third kappa shape index (κ3) is 7.13. The number of hydrogen-bond donors (Lipinski definition) is 1. The molecule has 2 nitrogen and oxygen atoms in total. The molecule has 0 aromatic rings.